The van der Waals surface area contributed by atoms with Gasteiger partial charge >= 0.3 is 0 Å². The van der Waals surface area contributed by atoms with Crippen LogP contribution in [0, 0.1) is 5.92 Å². The smallest absolute Gasteiger partial charge is 0.140 e. The molecule has 0 spiro atoms. The third-order valence-corrected chi connectivity index (χ3v) is 2.41. The largest absolute Gasteiger partial charge is 0.300 e. The van der Waals surface area contributed by atoms with Gasteiger partial charge in [-0.3, -0.25) is 4.79 Å². The van der Waals surface area contributed by atoms with Crippen molar-refractivity contribution in [2.24, 2.45) is 5.92 Å². The van der Waals surface area contributed by atoms with E-state index in [0.29, 0.717) is 0 Å². The van der Waals surface area contributed by atoms with Crippen LogP contribution >= 0.6 is 0 Å². The van der Waals surface area contributed by atoms with Crippen LogP contribution in [0.15, 0.2) is 24.2 Å². The number of nitrogens with zero attached hydrogens (tertiary/aromatic N) is 2. The van der Waals surface area contributed by atoms with Crippen LogP contribution in [0.5, 0.6) is 0 Å². The van der Waals surface area contributed by atoms with Crippen molar-refractivity contribution in [2.75, 3.05) is 0 Å². The second-order valence-electron chi connectivity index (χ2n) is 4.63. The number of allylic oxidation sites excluding steroid dienone is 2. The summed E-state index contributed by atoms with van der Waals surface area (Å²) in [6.45, 7) is 14.6. The van der Waals surface area contributed by atoms with Crippen molar-refractivity contribution in [3.63, 3.8) is 0 Å². The summed E-state index contributed by atoms with van der Waals surface area (Å²) in [6.07, 6.45) is 9.09. The minimum absolute atomic E-state index is 0. The van der Waals surface area contributed by atoms with E-state index in [0.717, 1.165) is 16.1 Å². The van der Waals surface area contributed by atoms with Crippen LogP contribution in [0.25, 0.3) is 12.2 Å². The van der Waals surface area contributed by atoms with Gasteiger partial charge in [0.1, 0.15) is 17.9 Å². The summed E-state index contributed by atoms with van der Waals surface area (Å²) in [5, 5.41) is 1.80. The molecule has 1 heterocycles. The number of carbonyl (C=O) groups is 2. The number of Topliss-reactive ketones (excluding diaryl/α,β-unsaturated/α-hetero) is 2. The highest BCUT2D eigenvalue weighted by molar-refractivity contribution is 5.86. The van der Waals surface area contributed by atoms with Gasteiger partial charge < -0.3 is 4.79 Å². The predicted octanol–water partition coefficient (Wildman–Crippen LogP) is 3.49. The van der Waals surface area contributed by atoms with Crippen molar-refractivity contribution in [1.29, 1.82) is 0 Å². The SMILES string of the molecule is C.CC.CC.CC(=O)[C@@H]1C=C(C)C=c2cncnc2=C1.CC(C)=O. The van der Waals surface area contributed by atoms with Gasteiger partial charge in [0, 0.05) is 11.4 Å². The molecule has 1 atom stereocenters. The molecule has 4 nitrogen and oxygen atoms in total. The number of rotatable bonds is 1. The van der Waals surface area contributed by atoms with E-state index in [4.69, 9.17) is 0 Å². The van der Waals surface area contributed by atoms with Gasteiger partial charge in [0.2, 0.25) is 0 Å². The Morgan fingerprint density at radius 3 is 1.96 bits per heavy atom. The molecule has 0 bridgehead atoms. The third kappa shape index (κ3) is 11.5. The van der Waals surface area contributed by atoms with Crippen LogP contribution in [0.1, 0.15) is 62.8 Å². The first-order valence-electron chi connectivity index (χ1n) is 8.06. The van der Waals surface area contributed by atoms with Crippen molar-refractivity contribution in [1.82, 2.24) is 9.97 Å². The van der Waals surface area contributed by atoms with Crippen molar-refractivity contribution in [2.45, 2.75) is 62.8 Å². The van der Waals surface area contributed by atoms with Gasteiger partial charge in [0.15, 0.2) is 0 Å². The zero-order valence-electron chi connectivity index (χ0n) is 15.7. The van der Waals surface area contributed by atoms with Crippen molar-refractivity contribution in [3.8, 4) is 0 Å². The van der Waals surface area contributed by atoms with Crippen LogP contribution in [-0.2, 0) is 9.59 Å². The van der Waals surface area contributed by atoms with E-state index in [9.17, 15) is 9.59 Å². The maximum absolute atomic E-state index is 11.4. The fourth-order valence-electron chi connectivity index (χ4n) is 1.63. The number of hydrogen-bond donors (Lipinski definition) is 0. The first-order valence-corrected chi connectivity index (χ1v) is 8.06. The van der Waals surface area contributed by atoms with Crippen molar-refractivity contribution >= 4 is 23.7 Å². The average molecular weight is 335 g/mol. The van der Waals surface area contributed by atoms with Gasteiger partial charge in [-0.2, -0.15) is 0 Å². The topological polar surface area (TPSA) is 59.9 Å². The van der Waals surface area contributed by atoms with E-state index in [2.05, 4.69) is 9.97 Å². The Morgan fingerprint density at radius 1 is 1.00 bits per heavy atom. The second-order valence-corrected chi connectivity index (χ2v) is 4.63. The molecule has 1 aromatic rings. The molecule has 0 aliphatic heterocycles. The molecule has 136 valence electrons. The van der Waals surface area contributed by atoms with E-state index in [1.807, 2.05) is 52.8 Å². The van der Waals surface area contributed by atoms with Gasteiger partial charge in [-0.05, 0) is 39.8 Å². The molecule has 24 heavy (non-hydrogen) atoms. The van der Waals surface area contributed by atoms with E-state index < -0.39 is 0 Å². The van der Waals surface area contributed by atoms with E-state index in [-0.39, 0.29) is 24.9 Å². The Hall–Kier alpha value is -2.10. The van der Waals surface area contributed by atoms with Crippen LogP contribution in [0.4, 0.5) is 0 Å². The number of ketones is 2. The monoisotopic (exact) mass is 334 g/mol. The quantitative estimate of drug-likeness (QED) is 0.789. The summed E-state index contributed by atoms with van der Waals surface area (Å²) >= 11 is 0. The molecule has 1 aliphatic carbocycles. The van der Waals surface area contributed by atoms with Crippen LogP contribution < -0.4 is 10.6 Å². The highest BCUT2D eigenvalue weighted by Gasteiger charge is 2.09. The zero-order valence-corrected chi connectivity index (χ0v) is 15.7. The maximum Gasteiger partial charge on any atom is 0.140 e. The van der Waals surface area contributed by atoms with E-state index in [1.54, 1.807) is 13.1 Å². The normalized spacial score (nSPS) is 13.5. The fraction of sp³-hybridized carbons (Fsp3) is 0.500. The van der Waals surface area contributed by atoms with Crippen molar-refractivity contribution < 1.29 is 9.59 Å². The summed E-state index contributed by atoms with van der Waals surface area (Å²) in [6, 6.07) is 0. The molecule has 0 fully saturated rings. The average Bonchev–Trinajstić information content (AvgIpc) is 2.68. The number of hydrogen-bond acceptors (Lipinski definition) is 4. The Morgan fingerprint density at radius 2 is 1.50 bits per heavy atom. The molecule has 2 rings (SSSR count). The highest BCUT2D eigenvalue weighted by Crippen LogP contribution is 2.08. The molecular weight excluding hydrogens is 300 g/mol. The molecule has 0 saturated heterocycles. The lowest BCUT2D eigenvalue weighted by Gasteiger charge is -2.00. The Balaban J connectivity index is -0.000000424. The first kappa shape index (κ1) is 26.8. The van der Waals surface area contributed by atoms with Gasteiger partial charge in [0.25, 0.3) is 0 Å². The van der Waals surface area contributed by atoms with Gasteiger partial charge in [-0.25, -0.2) is 9.97 Å². The fourth-order valence-corrected chi connectivity index (χ4v) is 1.63. The molecule has 0 radical (unpaired) electrons. The summed E-state index contributed by atoms with van der Waals surface area (Å²) in [5.74, 6) is 0.131. The van der Waals surface area contributed by atoms with Crippen LogP contribution in [0.3, 0.4) is 0 Å². The lowest BCUT2D eigenvalue weighted by atomic mass is 10.0. The molecule has 0 N–H and O–H groups in total. The summed E-state index contributed by atoms with van der Waals surface area (Å²) in [7, 11) is 0. The molecule has 0 saturated carbocycles. The highest BCUT2D eigenvalue weighted by atomic mass is 16.1. The summed E-state index contributed by atoms with van der Waals surface area (Å²) in [4.78, 5) is 29.0. The second kappa shape index (κ2) is 15.8. The van der Waals surface area contributed by atoms with Crippen molar-refractivity contribution in [3.05, 3.63) is 34.7 Å². The molecule has 1 aliphatic rings. The molecule has 0 unspecified atom stereocenters. The van der Waals surface area contributed by atoms with E-state index in [1.165, 1.54) is 20.2 Å². The van der Waals surface area contributed by atoms with Gasteiger partial charge in [0.05, 0.1) is 11.3 Å². The van der Waals surface area contributed by atoms with Crippen LogP contribution in [-0.4, -0.2) is 21.5 Å². The molecule has 1 aromatic heterocycles. The first-order chi connectivity index (χ1) is 10.9. The summed E-state index contributed by atoms with van der Waals surface area (Å²) < 4.78 is 0. The predicted molar refractivity (Wildman–Crippen MR) is 104 cm³/mol. The van der Waals surface area contributed by atoms with Crippen LogP contribution in [0.2, 0.25) is 0 Å². The Labute approximate surface area is 147 Å². The lowest BCUT2D eigenvalue weighted by molar-refractivity contribution is -0.118. The molecule has 4 heteroatoms. The van der Waals surface area contributed by atoms with Gasteiger partial charge in [-0.15, -0.1) is 0 Å². The Bertz CT molecular complexity index is 627. The number of carbonyl (C=O) groups excluding carboxylic acids is 2. The number of aromatic nitrogens is 2. The molecular formula is C20H34N2O2. The molecule has 0 aromatic carbocycles. The minimum atomic E-state index is -0.169. The standard InChI is InChI=1S/C12H12N2O.C3H6O.2C2H6.CH4/c1-8-3-10(9(2)15)5-12-11(4-8)6-13-7-14-12;1-3(2)4;2*1-2;/h3-7,10H,1-2H3;1-2H3;2*1-2H3;1H4/t10-;;;;/m1..../s1. The third-order valence-electron chi connectivity index (χ3n) is 2.41. The minimum Gasteiger partial charge on any atom is -0.300 e. The molecule has 0 amide bonds. The number of fused-ring (bicyclic) bond motifs is 1. The Kier molecular flexibility index (Phi) is 17.6. The summed E-state index contributed by atoms with van der Waals surface area (Å²) in [5.41, 5.74) is 1.07. The zero-order chi connectivity index (χ0) is 18.4. The van der Waals surface area contributed by atoms with E-state index >= 15 is 0 Å². The van der Waals surface area contributed by atoms with Gasteiger partial charge in [-0.1, -0.05) is 46.8 Å². The maximum atomic E-state index is 11.4. The lowest BCUT2D eigenvalue weighted by Crippen LogP contribution is -2.29.